The highest BCUT2D eigenvalue weighted by Crippen LogP contribution is 2.21. The normalized spacial score (nSPS) is 18.2. The third-order valence-electron chi connectivity index (χ3n) is 3.31. The minimum Gasteiger partial charge on any atom is -0.370 e. The monoisotopic (exact) mass is 247 g/mol. The van der Waals surface area contributed by atoms with Gasteiger partial charge >= 0.3 is 0 Å². The molecule has 98 valence electrons. The molecule has 1 heterocycles. The third kappa shape index (κ3) is 3.01. The molecular formula is C14H21N3O. The van der Waals surface area contributed by atoms with Crippen LogP contribution in [0.3, 0.4) is 0 Å². The second kappa shape index (κ2) is 4.98. The molecule has 2 rings (SSSR count). The number of nitrogens with zero attached hydrogens (tertiary/aromatic N) is 3. The fraction of sp³-hybridized carbons (Fsp3) is 0.500. The van der Waals surface area contributed by atoms with E-state index in [-0.39, 0.29) is 0 Å². The summed E-state index contributed by atoms with van der Waals surface area (Å²) in [4.78, 5) is 1.94. The maximum absolute atomic E-state index is 10.4. The summed E-state index contributed by atoms with van der Waals surface area (Å²) in [7, 11) is 1.94. The lowest BCUT2D eigenvalue weighted by molar-refractivity contribution is -0.102. The van der Waals surface area contributed by atoms with E-state index >= 15 is 0 Å². The molecule has 0 fully saturated rings. The van der Waals surface area contributed by atoms with Gasteiger partial charge in [-0.1, -0.05) is 29.8 Å². The minimum absolute atomic E-state index is 0.640. The van der Waals surface area contributed by atoms with Gasteiger partial charge in [0.1, 0.15) is 13.0 Å². The van der Waals surface area contributed by atoms with Gasteiger partial charge in [-0.3, -0.25) is 0 Å². The van der Waals surface area contributed by atoms with Gasteiger partial charge < -0.3 is 10.0 Å². The molecule has 1 aliphatic rings. The fourth-order valence-electron chi connectivity index (χ4n) is 1.98. The van der Waals surface area contributed by atoms with Gasteiger partial charge in [0.25, 0.3) is 0 Å². The highest BCUT2D eigenvalue weighted by Gasteiger charge is 2.30. The smallest absolute Gasteiger partial charge is 0.152 e. The quantitative estimate of drug-likeness (QED) is 0.881. The summed E-state index contributed by atoms with van der Waals surface area (Å²) in [5.41, 5.74) is 1.61. The summed E-state index contributed by atoms with van der Waals surface area (Å²) in [5.74, 6) is 0. The number of benzene rings is 1. The topological polar surface area (TPSA) is 39.1 Å². The number of aryl methyl sites for hydroxylation is 2. The molecule has 18 heavy (non-hydrogen) atoms. The molecule has 1 unspecified atom stereocenters. The van der Waals surface area contributed by atoms with Crippen molar-refractivity contribution in [2.24, 2.45) is 5.10 Å². The van der Waals surface area contributed by atoms with Crippen LogP contribution >= 0.6 is 0 Å². The summed E-state index contributed by atoms with van der Waals surface area (Å²) in [6.45, 7) is 4.54. The Balaban J connectivity index is 1.92. The molecule has 0 amide bonds. The van der Waals surface area contributed by atoms with Crippen LogP contribution < -0.4 is 0 Å². The van der Waals surface area contributed by atoms with E-state index in [0.29, 0.717) is 13.1 Å². The summed E-state index contributed by atoms with van der Waals surface area (Å²) in [6, 6.07) is 8.44. The second-order valence-corrected chi connectivity index (χ2v) is 5.23. The Kier molecular flexibility index (Phi) is 3.57. The van der Waals surface area contributed by atoms with Crippen molar-refractivity contribution in [3.63, 3.8) is 0 Å². The zero-order valence-electron chi connectivity index (χ0n) is 11.3. The molecule has 0 saturated carbocycles. The Morgan fingerprint density at radius 1 is 1.33 bits per heavy atom. The number of hydrogen-bond donors (Lipinski definition) is 1. The van der Waals surface area contributed by atoms with Crippen LogP contribution in [0.15, 0.2) is 29.4 Å². The predicted octanol–water partition coefficient (Wildman–Crippen LogP) is 1.78. The molecule has 1 aromatic carbocycles. The van der Waals surface area contributed by atoms with Crippen molar-refractivity contribution in [1.29, 1.82) is 0 Å². The van der Waals surface area contributed by atoms with Crippen molar-refractivity contribution >= 4 is 6.34 Å². The molecule has 0 spiro atoms. The van der Waals surface area contributed by atoms with Crippen LogP contribution in [-0.4, -0.2) is 40.8 Å². The van der Waals surface area contributed by atoms with E-state index in [1.165, 1.54) is 11.1 Å². The first-order valence-corrected chi connectivity index (χ1v) is 6.27. The van der Waals surface area contributed by atoms with Crippen LogP contribution in [0.4, 0.5) is 0 Å². The Hall–Kier alpha value is -1.55. The summed E-state index contributed by atoms with van der Waals surface area (Å²) in [5, 5.41) is 16.4. The van der Waals surface area contributed by atoms with E-state index in [1.807, 2.05) is 18.9 Å². The molecule has 0 aliphatic carbocycles. The van der Waals surface area contributed by atoms with Gasteiger partial charge in [0, 0.05) is 13.5 Å². The maximum Gasteiger partial charge on any atom is 0.152 e. The fourth-order valence-corrected chi connectivity index (χ4v) is 1.98. The van der Waals surface area contributed by atoms with Gasteiger partial charge in [-0.2, -0.15) is 5.10 Å². The molecule has 1 atom stereocenters. The van der Waals surface area contributed by atoms with Gasteiger partial charge in [-0.25, -0.2) is 5.01 Å². The Bertz CT molecular complexity index is 425. The van der Waals surface area contributed by atoms with E-state index in [9.17, 15) is 5.11 Å². The Morgan fingerprint density at radius 2 is 2.00 bits per heavy atom. The van der Waals surface area contributed by atoms with Crippen molar-refractivity contribution in [3.8, 4) is 0 Å². The average molecular weight is 247 g/mol. The van der Waals surface area contributed by atoms with Gasteiger partial charge in [0.05, 0.1) is 0 Å². The van der Waals surface area contributed by atoms with Crippen molar-refractivity contribution in [2.75, 3.05) is 13.7 Å². The van der Waals surface area contributed by atoms with Gasteiger partial charge in [0.2, 0.25) is 0 Å². The lowest BCUT2D eigenvalue weighted by Crippen LogP contribution is -2.44. The third-order valence-corrected chi connectivity index (χ3v) is 3.31. The molecule has 0 bridgehead atoms. The first-order valence-electron chi connectivity index (χ1n) is 6.27. The van der Waals surface area contributed by atoms with Crippen molar-refractivity contribution < 1.29 is 5.11 Å². The summed E-state index contributed by atoms with van der Waals surface area (Å²) in [6.07, 6.45) is 3.25. The lowest BCUT2D eigenvalue weighted by atomic mass is 10.0. The first-order chi connectivity index (χ1) is 8.47. The lowest BCUT2D eigenvalue weighted by Gasteiger charge is -2.32. The molecule has 0 saturated heterocycles. The SMILES string of the molecule is Cc1ccc(CCC(C)(O)N2CN(C)C=N2)cc1. The minimum atomic E-state index is -0.897. The van der Waals surface area contributed by atoms with Crippen LogP contribution in [0, 0.1) is 6.92 Å². The Labute approximate surface area is 109 Å². The first kappa shape index (κ1) is 12.9. The van der Waals surface area contributed by atoms with Crippen LogP contribution in [0.1, 0.15) is 24.5 Å². The predicted molar refractivity (Wildman–Crippen MR) is 73.1 cm³/mol. The summed E-state index contributed by atoms with van der Waals surface area (Å²) >= 11 is 0. The zero-order valence-corrected chi connectivity index (χ0v) is 11.3. The van der Waals surface area contributed by atoms with Crippen molar-refractivity contribution in [3.05, 3.63) is 35.4 Å². The highest BCUT2D eigenvalue weighted by molar-refractivity contribution is 5.55. The summed E-state index contributed by atoms with van der Waals surface area (Å²) < 4.78 is 0. The Morgan fingerprint density at radius 3 is 2.56 bits per heavy atom. The molecule has 4 nitrogen and oxygen atoms in total. The van der Waals surface area contributed by atoms with Crippen molar-refractivity contribution in [2.45, 2.75) is 32.4 Å². The second-order valence-electron chi connectivity index (χ2n) is 5.23. The number of hydrazone groups is 1. The largest absolute Gasteiger partial charge is 0.370 e. The van der Waals surface area contributed by atoms with E-state index in [4.69, 9.17) is 0 Å². The molecule has 0 radical (unpaired) electrons. The molecule has 1 aromatic rings. The van der Waals surface area contributed by atoms with Gasteiger partial charge in [-0.15, -0.1) is 0 Å². The van der Waals surface area contributed by atoms with Gasteiger partial charge in [-0.05, 0) is 25.8 Å². The van der Waals surface area contributed by atoms with Crippen molar-refractivity contribution in [1.82, 2.24) is 9.91 Å². The number of rotatable bonds is 4. The van der Waals surface area contributed by atoms with Crippen LogP contribution in [0.5, 0.6) is 0 Å². The number of hydrogen-bond acceptors (Lipinski definition) is 4. The van der Waals surface area contributed by atoms with Crippen LogP contribution in [0.2, 0.25) is 0 Å². The molecule has 4 heteroatoms. The van der Waals surface area contributed by atoms with Crippen LogP contribution in [-0.2, 0) is 6.42 Å². The standard InChI is InChI=1S/C14H21N3O/c1-12-4-6-13(7-5-12)8-9-14(2,18)17-11-16(3)10-15-17/h4-7,10,18H,8-9,11H2,1-3H3. The van der Waals surface area contributed by atoms with Gasteiger partial charge in [0.15, 0.2) is 5.72 Å². The zero-order chi connectivity index (χ0) is 13.2. The molecule has 1 N–H and O–H groups in total. The van der Waals surface area contributed by atoms with Crippen LogP contribution in [0.25, 0.3) is 0 Å². The van der Waals surface area contributed by atoms with E-state index in [2.05, 4.69) is 36.3 Å². The molecule has 1 aliphatic heterocycles. The van der Waals surface area contributed by atoms with E-state index < -0.39 is 5.72 Å². The van der Waals surface area contributed by atoms with E-state index in [0.717, 1.165) is 6.42 Å². The molecular weight excluding hydrogens is 226 g/mol. The highest BCUT2D eigenvalue weighted by atomic mass is 16.3. The van der Waals surface area contributed by atoms with E-state index in [1.54, 1.807) is 11.3 Å². The molecule has 0 aromatic heterocycles. The maximum atomic E-state index is 10.4. The average Bonchev–Trinajstić information content (AvgIpc) is 2.76. The number of aliphatic hydroxyl groups is 1.